The number of aromatic nitrogens is 1. The van der Waals surface area contributed by atoms with Crippen LogP contribution in [0.25, 0.3) is 0 Å². The normalized spacial score (nSPS) is 10.0. The van der Waals surface area contributed by atoms with E-state index >= 15 is 0 Å². The topological polar surface area (TPSA) is 46.3 Å². The summed E-state index contributed by atoms with van der Waals surface area (Å²) in [6.07, 6.45) is 1.90. The Balaban J connectivity index is 2.12. The van der Waals surface area contributed by atoms with Crippen molar-refractivity contribution in [3.63, 3.8) is 0 Å². The molecule has 0 aliphatic heterocycles. The van der Waals surface area contributed by atoms with Gasteiger partial charge >= 0.3 is 0 Å². The van der Waals surface area contributed by atoms with Crippen LogP contribution in [0.2, 0.25) is 0 Å². The van der Waals surface area contributed by atoms with E-state index in [1.54, 1.807) is 14.2 Å². The van der Waals surface area contributed by atoms with Crippen molar-refractivity contribution >= 4 is 5.69 Å². The highest BCUT2D eigenvalue weighted by Crippen LogP contribution is 2.29. The molecule has 2 aromatic rings. The van der Waals surface area contributed by atoms with Crippen molar-refractivity contribution in [3.8, 4) is 11.5 Å². The van der Waals surface area contributed by atoms with Crippen LogP contribution in [-0.4, -0.2) is 19.2 Å². The molecule has 1 aromatic carbocycles. The van der Waals surface area contributed by atoms with Crippen LogP contribution in [0.1, 0.15) is 5.69 Å². The van der Waals surface area contributed by atoms with Gasteiger partial charge in [-0.2, -0.15) is 0 Å². The molecule has 4 heteroatoms. The van der Waals surface area contributed by atoms with Crippen LogP contribution >= 0.6 is 0 Å². The van der Waals surface area contributed by atoms with Crippen LogP contribution < -0.4 is 14.8 Å². The van der Waals surface area contributed by atoms with E-state index in [-0.39, 0.29) is 0 Å². The number of methoxy groups -OCH3 is 2. The van der Waals surface area contributed by atoms with E-state index in [1.807, 2.05) is 36.5 Å². The summed E-state index contributed by atoms with van der Waals surface area (Å²) in [5, 5.41) is 3.31. The van der Waals surface area contributed by atoms with Gasteiger partial charge in [0.25, 0.3) is 0 Å². The lowest BCUT2D eigenvalue weighted by atomic mass is 10.2. The van der Waals surface area contributed by atoms with Gasteiger partial charge in [0.15, 0.2) is 0 Å². The van der Waals surface area contributed by atoms with E-state index < -0.39 is 0 Å². The van der Waals surface area contributed by atoms with Crippen LogP contribution in [-0.2, 0) is 6.54 Å². The largest absolute Gasteiger partial charge is 0.497 e. The molecule has 0 spiro atoms. The third-order valence-corrected chi connectivity index (χ3v) is 2.54. The van der Waals surface area contributed by atoms with Crippen molar-refractivity contribution in [2.45, 2.75) is 6.54 Å². The molecule has 0 aliphatic rings. The Hall–Kier alpha value is -2.10. The van der Waals surface area contributed by atoms with Gasteiger partial charge in [0.05, 0.1) is 26.5 Å². The van der Waals surface area contributed by atoms with Crippen molar-refractivity contribution in [2.75, 3.05) is 19.5 Å². The molecule has 0 atom stereocenters. The van der Waals surface area contributed by atoms with Crippen molar-refractivity contribution in [3.05, 3.63) is 42.2 Å². The van der Waals surface area contributed by atoms with E-state index in [0.717, 1.165) is 29.4 Å². The van der Waals surface area contributed by atoms with E-state index in [9.17, 15) is 0 Å². The van der Waals surface area contributed by atoms with Gasteiger partial charge in [0.2, 0.25) is 0 Å². The Labute approximate surface area is 101 Å². The number of H-pyrrole nitrogens is 1. The molecule has 0 bridgehead atoms. The van der Waals surface area contributed by atoms with Crippen molar-refractivity contribution < 1.29 is 9.47 Å². The molecule has 4 nitrogen and oxygen atoms in total. The van der Waals surface area contributed by atoms with Gasteiger partial charge in [-0.15, -0.1) is 0 Å². The number of rotatable bonds is 5. The number of benzene rings is 1. The molecule has 0 radical (unpaired) electrons. The second kappa shape index (κ2) is 5.30. The first-order chi connectivity index (χ1) is 8.33. The minimum absolute atomic E-state index is 0.719. The quantitative estimate of drug-likeness (QED) is 0.833. The van der Waals surface area contributed by atoms with Gasteiger partial charge in [0.1, 0.15) is 11.5 Å². The Morgan fingerprint density at radius 1 is 1.18 bits per heavy atom. The number of ether oxygens (including phenoxy) is 2. The van der Waals surface area contributed by atoms with Gasteiger partial charge in [-0.3, -0.25) is 0 Å². The van der Waals surface area contributed by atoms with Gasteiger partial charge in [0, 0.05) is 18.0 Å². The molecule has 0 fully saturated rings. The standard InChI is InChI=1S/C13H16N2O2/c1-16-11-5-6-13(17-2)12(8-11)15-9-10-4-3-7-14-10/h3-8,14-15H,9H2,1-2H3. The van der Waals surface area contributed by atoms with E-state index in [0.29, 0.717) is 0 Å². The van der Waals surface area contributed by atoms with Crippen molar-refractivity contribution in [2.24, 2.45) is 0 Å². The minimum atomic E-state index is 0.719. The van der Waals surface area contributed by atoms with Crippen LogP contribution in [0, 0.1) is 0 Å². The molecule has 0 amide bonds. The van der Waals surface area contributed by atoms with Gasteiger partial charge in [-0.05, 0) is 24.3 Å². The molecule has 0 saturated carbocycles. The number of aromatic amines is 1. The van der Waals surface area contributed by atoms with E-state index in [2.05, 4.69) is 10.3 Å². The second-order valence-corrected chi connectivity index (χ2v) is 3.62. The first-order valence-corrected chi connectivity index (χ1v) is 5.41. The zero-order valence-corrected chi connectivity index (χ0v) is 9.99. The number of hydrogen-bond acceptors (Lipinski definition) is 3. The third-order valence-electron chi connectivity index (χ3n) is 2.54. The molecule has 0 unspecified atom stereocenters. The van der Waals surface area contributed by atoms with E-state index in [1.165, 1.54) is 0 Å². The highest BCUT2D eigenvalue weighted by Gasteiger charge is 2.04. The van der Waals surface area contributed by atoms with Crippen LogP contribution in [0.3, 0.4) is 0 Å². The van der Waals surface area contributed by atoms with Crippen molar-refractivity contribution in [1.29, 1.82) is 0 Å². The maximum absolute atomic E-state index is 5.29. The SMILES string of the molecule is COc1ccc(OC)c(NCc2ccc[nH]2)c1. The maximum atomic E-state index is 5.29. The lowest BCUT2D eigenvalue weighted by Crippen LogP contribution is -2.01. The minimum Gasteiger partial charge on any atom is -0.497 e. The van der Waals surface area contributed by atoms with Gasteiger partial charge < -0.3 is 19.8 Å². The lowest BCUT2D eigenvalue weighted by Gasteiger charge is -2.12. The average Bonchev–Trinajstić information content (AvgIpc) is 2.89. The van der Waals surface area contributed by atoms with Crippen LogP contribution in [0.4, 0.5) is 5.69 Å². The van der Waals surface area contributed by atoms with Gasteiger partial charge in [-0.25, -0.2) is 0 Å². The molecule has 0 saturated heterocycles. The summed E-state index contributed by atoms with van der Waals surface area (Å²) in [5.41, 5.74) is 2.04. The fourth-order valence-electron chi connectivity index (χ4n) is 1.62. The Morgan fingerprint density at radius 2 is 2.06 bits per heavy atom. The monoisotopic (exact) mass is 232 g/mol. The number of anilines is 1. The summed E-state index contributed by atoms with van der Waals surface area (Å²) in [4.78, 5) is 3.14. The molecule has 90 valence electrons. The second-order valence-electron chi connectivity index (χ2n) is 3.62. The Bertz CT molecular complexity index is 466. The predicted molar refractivity (Wildman–Crippen MR) is 67.7 cm³/mol. The zero-order valence-electron chi connectivity index (χ0n) is 9.99. The van der Waals surface area contributed by atoms with Gasteiger partial charge in [-0.1, -0.05) is 0 Å². The summed E-state index contributed by atoms with van der Waals surface area (Å²) in [6.45, 7) is 0.719. The summed E-state index contributed by atoms with van der Waals surface area (Å²) in [5.74, 6) is 1.61. The van der Waals surface area contributed by atoms with E-state index in [4.69, 9.17) is 9.47 Å². The summed E-state index contributed by atoms with van der Waals surface area (Å²) >= 11 is 0. The van der Waals surface area contributed by atoms with Crippen LogP contribution in [0.5, 0.6) is 11.5 Å². The van der Waals surface area contributed by atoms with Crippen molar-refractivity contribution in [1.82, 2.24) is 4.98 Å². The molecule has 0 aliphatic carbocycles. The van der Waals surface area contributed by atoms with Crippen LogP contribution in [0.15, 0.2) is 36.5 Å². The molecule has 2 N–H and O–H groups in total. The fraction of sp³-hybridized carbons (Fsp3) is 0.231. The molecule has 2 rings (SSSR count). The number of nitrogens with one attached hydrogen (secondary N) is 2. The third kappa shape index (κ3) is 2.72. The Kier molecular flexibility index (Phi) is 3.55. The first kappa shape index (κ1) is 11.4. The first-order valence-electron chi connectivity index (χ1n) is 5.41. The summed E-state index contributed by atoms with van der Waals surface area (Å²) in [6, 6.07) is 9.68. The molecule has 17 heavy (non-hydrogen) atoms. The lowest BCUT2D eigenvalue weighted by molar-refractivity contribution is 0.404. The maximum Gasteiger partial charge on any atom is 0.142 e. The number of hydrogen-bond donors (Lipinski definition) is 2. The summed E-state index contributed by atoms with van der Waals surface area (Å²) in [7, 11) is 3.30. The predicted octanol–water partition coefficient (Wildman–Crippen LogP) is 2.64. The highest BCUT2D eigenvalue weighted by molar-refractivity contribution is 5.59. The molecular weight excluding hydrogens is 216 g/mol. The smallest absolute Gasteiger partial charge is 0.142 e. The molecule has 1 aromatic heterocycles. The average molecular weight is 232 g/mol. The zero-order chi connectivity index (χ0) is 12.1. The molecular formula is C13H16N2O2. The summed E-state index contributed by atoms with van der Waals surface area (Å²) < 4.78 is 10.5. The fourth-order valence-corrected chi connectivity index (χ4v) is 1.62. The highest BCUT2D eigenvalue weighted by atomic mass is 16.5. The Morgan fingerprint density at radius 3 is 2.71 bits per heavy atom. The molecule has 1 heterocycles.